The van der Waals surface area contributed by atoms with Crippen LogP contribution in [0.2, 0.25) is 0 Å². The molecule has 0 aliphatic heterocycles. The molecule has 4 aromatic rings. The molecule has 0 atom stereocenters. The molecule has 2 N–H and O–H groups in total. The second-order valence-corrected chi connectivity index (χ2v) is 4.93. The van der Waals surface area contributed by atoms with Gasteiger partial charge in [-0.1, -0.05) is 0 Å². The Morgan fingerprint density at radius 3 is 3.00 bits per heavy atom. The highest BCUT2D eigenvalue weighted by Gasteiger charge is 2.11. The second-order valence-electron chi connectivity index (χ2n) is 4.10. The van der Waals surface area contributed by atoms with Gasteiger partial charge in [-0.15, -0.1) is 0 Å². The number of H-pyrrole nitrogens is 1. The topological polar surface area (TPSA) is 83.8 Å². The van der Waals surface area contributed by atoms with Crippen molar-refractivity contribution in [3.05, 3.63) is 43.2 Å². The van der Waals surface area contributed by atoms with Gasteiger partial charge >= 0.3 is 0 Å². The number of rotatable bonds is 3. The van der Waals surface area contributed by atoms with Crippen LogP contribution < -0.4 is 5.32 Å². The zero-order valence-electron chi connectivity index (χ0n) is 10.2. The Bertz CT molecular complexity index is 832. The summed E-state index contributed by atoms with van der Waals surface area (Å²) in [5, 5.41) is 10.9. The summed E-state index contributed by atoms with van der Waals surface area (Å²) in [4.78, 5) is 8.77. The van der Waals surface area contributed by atoms with E-state index < -0.39 is 0 Å². The third-order valence-electron chi connectivity index (χ3n) is 2.90. The lowest BCUT2D eigenvalue weighted by atomic mass is 10.3. The maximum Gasteiger partial charge on any atom is 0.180 e. The van der Waals surface area contributed by atoms with Gasteiger partial charge < -0.3 is 5.32 Å². The molecule has 0 bridgehead atoms. The molecule has 0 unspecified atom stereocenters. The van der Waals surface area contributed by atoms with Crippen LogP contribution >= 0.6 is 11.5 Å². The van der Waals surface area contributed by atoms with Gasteiger partial charge in [-0.2, -0.15) is 9.47 Å². The van der Waals surface area contributed by atoms with Gasteiger partial charge in [-0.25, -0.2) is 9.97 Å². The molecule has 0 saturated heterocycles. The quantitative estimate of drug-likeness (QED) is 0.603. The average molecular weight is 283 g/mol. The van der Waals surface area contributed by atoms with Crippen molar-refractivity contribution < 1.29 is 0 Å². The molecule has 0 amide bonds. The molecule has 4 heterocycles. The molecule has 0 aromatic carbocycles. The molecular weight excluding hydrogens is 274 g/mol. The highest BCUT2D eigenvalue weighted by atomic mass is 32.1. The normalized spacial score (nSPS) is 11.0. The van der Waals surface area contributed by atoms with Crippen molar-refractivity contribution in [2.75, 3.05) is 5.32 Å². The van der Waals surface area contributed by atoms with Crippen molar-refractivity contribution in [3.8, 4) is 11.3 Å². The van der Waals surface area contributed by atoms with Crippen LogP contribution in [-0.4, -0.2) is 28.9 Å². The Labute approximate surface area is 117 Å². The molecule has 4 aromatic heterocycles. The summed E-state index contributed by atoms with van der Waals surface area (Å²) in [5.74, 6) is 0.700. The Morgan fingerprint density at radius 2 is 2.20 bits per heavy atom. The van der Waals surface area contributed by atoms with E-state index in [9.17, 15) is 0 Å². The summed E-state index contributed by atoms with van der Waals surface area (Å²) >= 11 is 1.38. The molecule has 8 heteroatoms. The summed E-state index contributed by atoms with van der Waals surface area (Å²) in [6.45, 7) is 0. The van der Waals surface area contributed by atoms with Gasteiger partial charge in [-0.05, 0) is 17.6 Å². The lowest BCUT2D eigenvalue weighted by molar-refractivity contribution is 1.09. The van der Waals surface area contributed by atoms with E-state index in [4.69, 9.17) is 0 Å². The van der Waals surface area contributed by atoms with E-state index in [-0.39, 0.29) is 0 Å². The van der Waals surface area contributed by atoms with Crippen LogP contribution in [0.5, 0.6) is 0 Å². The minimum absolute atomic E-state index is 0.700. The summed E-state index contributed by atoms with van der Waals surface area (Å²) in [6.07, 6.45) is 10.8. The smallest absolute Gasteiger partial charge is 0.180 e. The van der Waals surface area contributed by atoms with Gasteiger partial charge in [0.15, 0.2) is 11.5 Å². The maximum absolute atomic E-state index is 4.44. The zero-order chi connectivity index (χ0) is 13.4. The van der Waals surface area contributed by atoms with E-state index in [0.717, 1.165) is 21.9 Å². The first-order valence-corrected chi connectivity index (χ1v) is 6.68. The highest BCUT2D eigenvalue weighted by Crippen LogP contribution is 2.25. The van der Waals surface area contributed by atoms with Crippen LogP contribution in [-0.2, 0) is 0 Å². The summed E-state index contributed by atoms with van der Waals surface area (Å²) < 4.78 is 6.03. The first-order chi connectivity index (χ1) is 9.92. The van der Waals surface area contributed by atoms with Crippen molar-refractivity contribution in [1.29, 1.82) is 0 Å². The predicted octanol–water partition coefficient (Wildman–Crippen LogP) is 2.32. The van der Waals surface area contributed by atoms with Crippen LogP contribution in [0, 0.1) is 0 Å². The zero-order valence-corrected chi connectivity index (χ0v) is 11.0. The number of aromatic amines is 1. The van der Waals surface area contributed by atoms with E-state index in [1.165, 1.54) is 11.5 Å². The van der Waals surface area contributed by atoms with Crippen molar-refractivity contribution in [1.82, 2.24) is 28.9 Å². The molecule has 0 aliphatic carbocycles. The number of fused-ring (bicyclic) bond motifs is 1. The Hall–Kier alpha value is -2.74. The third kappa shape index (κ3) is 1.74. The lowest BCUT2D eigenvalue weighted by Crippen LogP contribution is -1.97. The third-order valence-corrected chi connectivity index (χ3v) is 3.56. The van der Waals surface area contributed by atoms with E-state index in [2.05, 4.69) is 29.9 Å². The van der Waals surface area contributed by atoms with E-state index in [1.54, 1.807) is 24.8 Å². The van der Waals surface area contributed by atoms with E-state index in [1.807, 2.05) is 22.9 Å². The van der Waals surface area contributed by atoms with Crippen LogP contribution in [0.25, 0.3) is 16.9 Å². The van der Waals surface area contributed by atoms with Crippen LogP contribution in [0.1, 0.15) is 0 Å². The lowest BCUT2D eigenvalue weighted by Gasteiger charge is -2.04. The van der Waals surface area contributed by atoms with Gasteiger partial charge in [-0.3, -0.25) is 9.50 Å². The standard InChI is InChI=1S/C12H9N7S/c1-2-17-20-10(1)18-11-12-14-7-9(8-5-15-16-6-8)19(12)4-3-13-11/h1-7H,(H,13,18)(H,15,16). The molecule has 98 valence electrons. The average Bonchev–Trinajstić information content (AvgIpc) is 3.20. The minimum Gasteiger partial charge on any atom is -0.328 e. The molecule has 7 nitrogen and oxygen atoms in total. The summed E-state index contributed by atoms with van der Waals surface area (Å²) in [5.41, 5.74) is 2.70. The van der Waals surface area contributed by atoms with Gasteiger partial charge in [0.25, 0.3) is 0 Å². The SMILES string of the molecule is c1cc(Nc2nccn3c(-c4cn[nH]c4)cnc23)sn1. The van der Waals surface area contributed by atoms with Gasteiger partial charge in [0, 0.05) is 30.4 Å². The van der Waals surface area contributed by atoms with Gasteiger partial charge in [0.05, 0.1) is 18.1 Å². The maximum atomic E-state index is 4.44. The summed E-state index contributed by atoms with van der Waals surface area (Å²) in [7, 11) is 0. The number of nitrogens with zero attached hydrogens (tertiary/aromatic N) is 5. The first kappa shape index (κ1) is 11.1. The molecule has 0 aliphatic rings. The van der Waals surface area contributed by atoms with E-state index in [0.29, 0.717) is 5.82 Å². The number of hydrogen-bond donors (Lipinski definition) is 2. The number of nitrogens with one attached hydrogen (secondary N) is 2. The number of aromatic nitrogens is 6. The van der Waals surface area contributed by atoms with E-state index >= 15 is 0 Å². The molecule has 0 saturated carbocycles. The Morgan fingerprint density at radius 1 is 1.20 bits per heavy atom. The van der Waals surface area contributed by atoms with Crippen LogP contribution in [0.3, 0.4) is 0 Å². The highest BCUT2D eigenvalue weighted by molar-refractivity contribution is 7.10. The first-order valence-electron chi connectivity index (χ1n) is 5.91. The predicted molar refractivity (Wildman–Crippen MR) is 76.0 cm³/mol. The Balaban J connectivity index is 1.84. The van der Waals surface area contributed by atoms with Crippen molar-refractivity contribution in [3.63, 3.8) is 0 Å². The number of anilines is 2. The van der Waals surface area contributed by atoms with Crippen LogP contribution in [0.15, 0.2) is 43.2 Å². The largest absolute Gasteiger partial charge is 0.328 e. The van der Waals surface area contributed by atoms with Crippen molar-refractivity contribution in [2.45, 2.75) is 0 Å². The summed E-state index contributed by atoms with van der Waals surface area (Å²) in [6, 6.07) is 1.90. The number of imidazole rings is 1. The van der Waals surface area contributed by atoms with Gasteiger partial charge in [0.1, 0.15) is 5.00 Å². The van der Waals surface area contributed by atoms with Crippen molar-refractivity contribution >= 4 is 28.0 Å². The fraction of sp³-hybridized carbons (Fsp3) is 0. The molecule has 20 heavy (non-hydrogen) atoms. The molecule has 0 radical (unpaired) electrons. The number of hydrogen-bond acceptors (Lipinski definition) is 6. The minimum atomic E-state index is 0.700. The Kier molecular flexibility index (Phi) is 2.46. The molecule has 0 fully saturated rings. The van der Waals surface area contributed by atoms with Crippen molar-refractivity contribution in [2.24, 2.45) is 0 Å². The molecule has 4 rings (SSSR count). The fourth-order valence-electron chi connectivity index (χ4n) is 2.01. The molecular formula is C12H9N7S. The van der Waals surface area contributed by atoms with Crippen LogP contribution in [0.4, 0.5) is 10.8 Å². The second kappa shape index (κ2) is 4.42. The molecule has 0 spiro atoms. The van der Waals surface area contributed by atoms with Gasteiger partial charge in [0.2, 0.25) is 0 Å². The fourth-order valence-corrected chi connectivity index (χ4v) is 2.51. The monoisotopic (exact) mass is 283 g/mol.